The lowest BCUT2D eigenvalue weighted by molar-refractivity contribution is -0.132. The summed E-state index contributed by atoms with van der Waals surface area (Å²) in [7, 11) is 0. The van der Waals surface area contributed by atoms with Gasteiger partial charge in [-0.05, 0) is 25.8 Å². The second-order valence-electron chi connectivity index (χ2n) is 5.50. The van der Waals surface area contributed by atoms with Gasteiger partial charge in [-0.1, -0.05) is 31.0 Å². The molecule has 19 heavy (non-hydrogen) atoms. The molecule has 1 aliphatic carbocycles. The highest BCUT2D eigenvalue weighted by atomic mass is 19.1. The molecule has 0 bridgehead atoms. The van der Waals surface area contributed by atoms with Crippen LogP contribution in [0.3, 0.4) is 0 Å². The first-order valence-electron chi connectivity index (χ1n) is 7.01. The van der Waals surface area contributed by atoms with Crippen LogP contribution in [-0.2, 0) is 4.79 Å². The molecule has 3 nitrogen and oxygen atoms in total. The third-order valence-corrected chi connectivity index (χ3v) is 4.23. The molecule has 4 heteroatoms. The number of nitrogens with zero attached hydrogens (tertiary/aromatic N) is 1. The molecule has 1 saturated heterocycles. The van der Waals surface area contributed by atoms with Crippen molar-refractivity contribution in [2.45, 2.75) is 50.9 Å². The summed E-state index contributed by atoms with van der Waals surface area (Å²) in [6.45, 7) is 1.85. The van der Waals surface area contributed by atoms with E-state index in [4.69, 9.17) is 0 Å². The summed E-state index contributed by atoms with van der Waals surface area (Å²) in [6.07, 6.45) is 4.07. The zero-order chi connectivity index (χ0) is 13.4. The second kappa shape index (κ2) is 4.93. The number of nitrogens with one attached hydrogen (secondary N) is 1. The quantitative estimate of drug-likeness (QED) is 0.888. The standard InChI is InChI=1S/C15H19FN2O/c1-10-15(19)18(11-6-2-3-7-11)14(17-10)12-8-4-5-9-13(12)16/h4-5,8-11,14,17H,2-3,6-7H2,1H3. The van der Waals surface area contributed by atoms with Crippen LogP contribution < -0.4 is 5.32 Å². The number of halogens is 1. The van der Waals surface area contributed by atoms with Gasteiger partial charge in [0.2, 0.25) is 5.91 Å². The Morgan fingerprint density at radius 3 is 2.63 bits per heavy atom. The lowest BCUT2D eigenvalue weighted by Crippen LogP contribution is -2.38. The van der Waals surface area contributed by atoms with Crippen molar-refractivity contribution >= 4 is 5.91 Å². The third-order valence-electron chi connectivity index (χ3n) is 4.23. The van der Waals surface area contributed by atoms with E-state index in [0.29, 0.717) is 5.56 Å². The van der Waals surface area contributed by atoms with Gasteiger partial charge in [0.05, 0.1) is 6.04 Å². The number of amides is 1. The Labute approximate surface area is 112 Å². The maximum atomic E-state index is 14.0. The minimum atomic E-state index is -0.313. The number of rotatable bonds is 2. The molecule has 2 atom stereocenters. The van der Waals surface area contributed by atoms with E-state index >= 15 is 0 Å². The average molecular weight is 262 g/mol. The van der Waals surface area contributed by atoms with E-state index in [1.807, 2.05) is 17.9 Å². The monoisotopic (exact) mass is 262 g/mol. The van der Waals surface area contributed by atoms with Crippen molar-refractivity contribution in [3.63, 3.8) is 0 Å². The van der Waals surface area contributed by atoms with Crippen molar-refractivity contribution in [2.24, 2.45) is 0 Å². The van der Waals surface area contributed by atoms with Crippen LogP contribution in [0.4, 0.5) is 4.39 Å². The van der Waals surface area contributed by atoms with Crippen molar-refractivity contribution in [3.8, 4) is 0 Å². The van der Waals surface area contributed by atoms with Crippen LogP contribution in [-0.4, -0.2) is 22.9 Å². The molecule has 2 fully saturated rings. The highest BCUT2D eigenvalue weighted by Gasteiger charge is 2.42. The third kappa shape index (κ3) is 2.14. The topological polar surface area (TPSA) is 32.3 Å². The Bertz CT molecular complexity index is 485. The lowest BCUT2D eigenvalue weighted by atomic mass is 10.1. The molecule has 1 saturated carbocycles. The molecule has 0 aromatic heterocycles. The Balaban J connectivity index is 1.94. The first kappa shape index (κ1) is 12.6. The van der Waals surface area contributed by atoms with Gasteiger partial charge in [0.25, 0.3) is 0 Å². The second-order valence-corrected chi connectivity index (χ2v) is 5.50. The number of hydrogen-bond acceptors (Lipinski definition) is 2. The fourth-order valence-electron chi connectivity index (χ4n) is 3.25. The van der Waals surface area contributed by atoms with Crippen LogP contribution in [0.1, 0.15) is 44.3 Å². The molecular weight excluding hydrogens is 243 g/mol. The Kier molecular flexibility index (Phi) is 3.27. The molecule has 0 spiro atoms. The highest BCUT2D eigenvalue weighted by Crippen LogP contribution is 2.34. The molecule has 1 N–H and O–H groups in total. The molecule has 2 aliphatic rings. The van der Waals surface area contributed by atoms with Gasteiger partial charge in [-0.3, -0.25) is 10.1 Å². The molecule has 0 radical (unpaired) electrons. The number of carbonyl (C=O) groups excluding carboxylic acids is 1. The van der Waals surface area contributed by atoms with E-state index in [1.165, 1.54) is 6.07 Å². The Morgan fingerprint density at radius 1 is 1.26 bits per heavy atom. The van der Waals surface area contributed by atoms with Crippen LogP contribution >= 0.6 is 0 Å². The molecular formula is C15H19FN2O. The molecule has 102 valence electrons. The van der Waals surface area contributed by atoms with E-state index in [0.717, 1.165) is 25.7 Å². The fourth-order valence-corrected chi connectivity index (χ4v) is 3.25. The Hall–Kier alpha value is -1.42. The zero-order valence-corrected chi connectivity index (χ0v) is 11.1. The van der Waals surface area contributed by atoms with Gasteiger partial charge in [-0.25, -0.2) is 4.39 Å². The predicted octanol–water partition coefficient (Wildman–Crippen LogP) is 2.59. The van der Waals surface area contributed by atoms with Gasteiger partial charge in [0.15, 0.2) is 0 Å². The Morgan fingerprint density at radius 2 is 1.95 bits per heavy atom. The summed E-state index contributed by atoms with van der Waals surface area (Å²) in [5.41, 5.74) is 0.576. The van der Waals surface area contributed by atoms with E-state index in [-0.39, 0.29) is 30.0 Å². The van der Waals surface area contributed by atoms with Crippen LogP contribution in [0, 0.1) is 5.82 Å². The largest absolute Gasteiger partial charge is 0.318 e. The number of hydrogen-bond donors (Lipinski definition) is 1. The van der Waals surface area contributed by atoms with Crippen LogP contribution in [0.5, 0.6) is 0 Å². The number of benzene rings is 1. The molecule has 1 aromatic rings. The molecule has 1 amide bonds. The van der Waals surface area contributed by atoms with E-state index in [1.54, 1.807) is 12.1 Å². The van der Waals surface area contributed by atoms with E-state index in [9.17, 15) is 9.18 Å². The van der Waals surface area contributed by atoms with Crippen molar-refractivity contribution in [1.29, 1.82) is 0 Å². The summed E-state index contributed by atoms with van der Waals surface area (Å²) in [6, 6.07) is 6.75. The average Bonchev–Trinajstić information content (AvgIpc) is 3.00. The van der Waals surface area contributed by atoms with Crippen molar-refractivity contribution in [1.82, 2.24) is 10.2 Å². The predicted molar refractivity (Wildman–Crippen MR) is 70.8 cm³/mol. The van der Waals surface area contributed by atoms with Crippen molar-refractivity contribution < 1.29 is 9.18 Å². The van der Waals surface area contributed by atoms with Gasteiger partial charge in [-0.2, -0.15) is 0 Å². The minimum absolute atomic E-state index is 0.0974. The first-order chi connectivity index (χ1) is 9.18. The normalized spacial score (nSPS) is 28.3. The smallest absolute Gasteiger partial charge is 0.241 e. The van der Waals surface area contributed by atoms with Crippen LogP contribution in [0.15, 0.2) is 24.3 Å². The molecule has 2 unspecified atom stereocenters. The summed E-state index contributed by atoms with van der Waals surface area (Å²) in [4.78, 5) is 14.2. The van der Waals surface area contributed by atoms with Crippen LogP contribution in [0.2, 0.25) is 0 Å². The summed E-state index contributed by atoms with van der Waals surface area (Å²) < 4.78 is 14.0. The maximum absolute atomic E-state index is 14.0. The van der Waals surface area contributed by atoms with Crippen LogP contribution in [0.25, 0.3) is 0 Å². The SMILES string of the molecule is CC1NC(c2ccccc2F)N(C2CCCC2)C1=O. The molecule has 1 aromatic carbocycles. The highest BCUT2D eigenvalue weighted by molar-refractivity contribution is 5.84. The van der Waals surface area contributed by atoms with Gasteiger partial charge in [0.1, 0.15) is 12.0 Å². The molecule has 1 heterocycles. The first-order valence-corrected chi connectivity index (χ1v) is 7.01. The molecule has 1 aliphatic heterocycles. The van der Waals surface area contributed by atoms with E-state index in [2.05, 4.69) is 5.32 Å². The molecule has 3 rings (SSSR count). The van der Waals surface area contributed by atoms with Gasteiger partial charge in [-0.15, -0.1) is 0 Å². The minimum Gasteiger partial charge on any atom is -0.318 e. The lowest BCUT2D eigenvalue weighted by Gasteiger charge is -2.30. The summed E-state index contributed by atoms with van der Waals surface area (Å²) in [5, 5.41) is 3.22. The number of carbonyl (C=O) groups is 1. The van der Waals surface area contributed by atoms with Crippen molar-refractivity contribution in [3.05, 3.63) is 35.6 Å². The summed E-state index contributed by atoms with van der Waals surface area (Å²) in [5.74, 6) is -0.148. The van der Waals surface area contributed by atoms with Gasteiger partial charge >= 0.3 is 0 Å². The fraction of sp³-hybridized carbons (Fsp3) is 0.533. The van der Waals surface area contributed by atoms with Gasteiger partial charge < -0.3 is 4.90 Å². The maximum Gasteiger partial charge on any atom is 0.241 e. The summed E-state index contributed by atoms with van der Waals surface area (Å²) >= 11 is 0. The van der Waals surface area contributed by atoms with Crippen molar-refractivity contribution in [2.75, 3.05) is 0 Å². The zero-order valence-electron chi connectivity index (χ0n) is 11.1. The van der Waals surface area contributed by atoms with E-state index < -0.39 is 0 Å². The van der Waals surface area contributed by atoms with Gasteiger partial charge in [0, 0.05) is 11.6 Å².